The summed E-state index contributed by atoms with van der Waals surface area (Å²) in [5.41, 5.74) is 4.68. The zero-order chi connectivity index (χ0) is 22.4. The van der Waals surface area contributed by atoms with Gasteiger partial charge in [-0.15, -0.1) is 0 Å². The number of rotatable bonds is 9. The lowest BCUT2D eigenvalue weighted by atomic mass is 10.1. The van der Waals surface area contributed by atoms with E-state index in [0.29, 0.717) is 5.57 Å². The van der Waals surface area contributed by atoms with E-state index in [9.17, 15) is 15.0 Å². The van der Waals surface area contributed by atoms with Gasteiger partial charge in [0.25, 0.3) is 0 Å². The second-order valence-electron chi connectivity index (χ2n) is 6.98. The maximum Gasteiger partial charge on any atom is 0.145 e. The average Bonchev–Trinajstić information content (AvgIpc) is 2.69. The molecular weight excluding hydrogens is 372 g/mol. The molecule has 1 aromatic rings. The Morgan fingerprint density at radius 1 is 0.633 bits per heavy atom. The molecule has 0 aliphatic carbocycles. The highest BCUT2D eigenvalue weighted by Gasteiger charge is 1.95. The molecule has 0 saturated heterocycles. The molecule has 1 rings (SSSR count). The van der Waals surface area contributed by atoms with Crippen molar-refractivity contribution in [2.75, 3.05) is 0 Å². The molecule has 30 heavy (non-hydrogen) atoms. The summed E-state index contributed by atoms with van der Waals surface area (Å²) in [5.74, 6) is 0.0757. The van der Waals surface area contributed by atoms with Crippen LogP contribution in [0.4, 0.5) is 0 Å². The van der Waals surface area contributed by atoms with Gasteiger partial charge in [-0.2, -0.15) is 0 Å². The van der Waals surface area contributed by atoms with Gasteiger partial charge in [0.15, 0.2) is 0 Å². The highest BCUT2D eigenvalue weighted by atomic mass is 16.3. The van der Waals surface area contributed by atoms with Crippen molar-refractivity contribution in [3.8, 4) is 11.5 Å². The molecular formula is C27H30O3. The van der Waals surface area contributed by atoms with E-state index in [1.807, 2.05) is 87.6 Å². The van der Waals surface area contributed by atoms with Gasteiger partial charge >= 0.3 is 0 Å². The minimum Gasteiger partial charge on any atom is -0.508 e. The zero-order valence-corrected chi connectivity index (χ0v) is 18.0. The summed E-state index contributed by atoms with van der Waals surface area (Å²) in [6.45, 7) is 7.78. The molecule has 3 heteroatoms. The SMILES string of the molecule is CC(C=O)=CC=CC(C)=CC=CC=C(C)C=CC=C(C)C=Cc1cc(O)cc(O)c1. The second-order valence-corrected chi connectivity index (χ2v) is 6.98. The van der Waals surface area contributed by atoms with Crippen molar-refractivity contribution in [1.29, 1.82) is 0 Å². The molecule has 2 N–H and O–H groups in total. The first-order valence-electron chi connectivity index (χ1n) is 9.68. The second kappa shape index (κ2) is 13.6. The third-order valence-electron chi connectivity index (χ3n) is 3.92. The van der Waals surface area contributed by atoms with Crippen LogP contribution in [0.15, 0.2) is 107 Å². The first kappa shape index (κ1) is 24.4. The molecule has 0 aliphatic rings. The standard InChI is InChI=1S/C27H30O3/c1-21(9-5-6-10-22(2)12-8-14-24(4)20-28)11-7-13-23(3)15-16-25-17-26(29)19-27(30)18-25/h5-20,29-30H,1-4H3. The Morgan fingerprint density at radius 2 is 1.07 bits per heavy atom. The largest absolute Gasteiger partial charge is 0.508 e. The number of phenols is 2. The van der Waals surface area contributed by atoms with E-state index in [-0.39, 0.29) is 11.5 Å². The monoisotopic (exact) mass is 402 g/mol. The fourth-order valence-electron chi connectivity index (χ4n) is 2.27. The van der Waals surface area contributed by atoms with E-state index in [2.05, 4.69) is 0 Å². The highest BCUT2D eigenvalue weighted by Crippen LogP contribution is 2.21. The molecule has 0 spiro atoms. The van der Waals surface area contributed by atoms with Crippen LogP contribution in [0.25, 0.3) is 6.08 Å². The first-order valence-corrected chi connectivity index (χ1v) is 9.68. The number of hydrogen-bond donors (Lipinski definition) is 2. The molecule has 0 heterocycles. The smallest absolute Gasteiger partial charge is 0.145 e. The number of carbonyl (C=O) groups excluding carboxylic acids is 1. The van der Waals surface area contributed by atoms with Crippen molar-refractivity contribution in [3.05, 3.63) is 113 Å². The molecule has 0 aromatic heterocycles. The highest BCUT2D eigenvalue weighted by molar-refractivity contribution is 5.72. The van der Waals surface area contributed by atoms with Crippen molar-refractivity contribution in [2.24, 2.45) is 0 Å². The van der Waals surface area contributed by atoms with Crippen molar-refractivity contribution in [1.82, 2.24) is 0 Å². The molecule has 0 radical (unpaired) electrons. The van der Waals surface area contributed by atoms with E-state index >= 15 is 0 Å². The average molecular weight is 403 g/mol. The van der Waals surface area contributed by atoms with Crippen LogP contribution in [-0.4, -0.2) is 16.5 Å². The predicted molar refractivity (Wildman–Crippen MR) is 127 cm³/mol. The summed E-state index contributed by atoms with van der Waals surface area (Å²) in [5, 5.41) is 19.0. The Bertz CT molecular complexity index is 942. The van der Waals surface area contributed by atoms with Crippen LogP contribution in [0.3, 0.4) is 0 Å². The summed E-state index contributed by atoms with van der Waals surface area (Å²) in [4.78, 5) is 10.5. The number of allylic oxidation sites excluding steroid dienone is 15. The third kappa shape index (κ3) is 11.3. The topological polar surface area (TPSA) is 57.5 Å². The summed E-state index contributed by atoms with van der Waals surface area (Å²) >= 11 is 0. The van der Waals surface area contributed by atoms with Crippen LogP contribution < -0.4 is 0 Å². The number of phenolic OH excluding ortho intramolecular Hbond substituents is 2. The van der Waals surface area contributed by atoms with E-state index in [1.54, 1.807) is 25.1 Å². The van der Waals surface area contributed by atoms with Crippen molar-refractivity contribution in [3.63, 3.8) is 0 Å². The molecule has 0 bridgehead atoms. The summed E-state index contributed by atoms with van der Waals surface area (Å²) in [6, 6.07) is 4.48. The van der Waals surface area contributed by atoms with Gasteiger partial charge in [0.1, 0.15) is 17.8 Å². The lowest BCUT2D eigenvalue weighted by Crippen LogP contribution is -1.74. The summed E-state index contributed by atoms with van der Waals surface area (Å²) < 4.78 is 0. The van der Waals surface area contributed by atoms with Crippen LogP contribution in [0.1, 0.15) is 33.3 Å². The van der Waals surface area contributed by atoms with Crippen molar-refractivity contribution >= 4 is 12.4 Å². The molecule has 1 aromatic carbocycles. The Hall–Kier alpha value is -3.59. The molecule has 0 aliphatic heterocycles. The maximum atomic E-state index is 10.5. The van der Waals surface area contributed by atoms with Crippen LogP contribution in [0, 0.1) is 0 Å². The number of aldehydes is 1. The van der Waals surface area contributed by atoms with Crippen LogP contribution in [0.2, 0.25) is 0 Å². The number of carbonyl (C=O) groups is 1. The van der Waals surface area contributed by atoms with Gasteiger partial charge in [0.2, 0.25) is 0 Å². The van der Waals surface area contributed by atoms with Crippen molar-refractivity contribution in [2.45, 2.75) is 27.7 Å². The van der Waals surface area contributed by atoms with E-state index < -0.39 is 0 Å². The number of hydrogen-bond acceptors (Lipinski definition) is 3. The van der Waals surface area contributed by atoms with Gasteiger partial charge in [0, 0.05) is 6.07 Å². The Morgan fingerprint density at radius 3 is 1.57 bits per heavy atom. The normalized spacial score (nSPS) is 14.7. The Kier molecular flexibility index (Phi) is 11.1. The van der Waals surface area contributed by atoms with Crippen LogP contribution in [0.5, 0.6) is 11.5 Å². The quantitative estimate of drug-likeness (QED) is 0.272. The molecule has 0 amide bonds. The van der Waals surface area contributed by atoms with E-state index in [4.69, 9.17) is 0 Å². The molecule has 0 fully saturated rings. The third-order valence-corrected chi connectivity index (χ3v) is 3.92. The van der Waals surface area contributed by atoms with Gasteiger partial charge in [-0.3, -0.25) is 4.79 Å². The molecule has 0 unspecified atom stereocenters. The zero-order valence-electron chi connectivity index (χ0n) is 18.0. The minimum absolute atomic E-state index is 0.0379. The molecule has 0 saturated carbocycles. The maximum absolute atomic E-state index is 10.5. The van der Waals surface area contributed by atoms with E-state index in [0.717, 1.165) is 28.6 Å². The fraction of sp³-hybridized carbons (Fsp3) is 0.148. The van der Waals surface area contributed by atoms with Gasteiger partial charge in [0.05, 0.1) is 0 Å². The molecule has 0 atom stereocenters. The van der Waals surface area contributed by atoms with E-state index in [1.165, 1.54) is 6.07 Å². The lowest BCUT2D eigenvalue weighted by Gasteiger charge is -1.98. The van der Waals surface area contributed by atoms with Gasteiger partial charge in [-0.1, -0.05) is 89.6 Å². The summed E-state index contributed by atoms with van der Waals surface area (Å²) in [6.07, 6.45) is 24.1. The summed E-state index contributed by atoms with van der Waals surface area (Å²) in [7, 11) is 0. The Balaban J connectivity index is 2.61. The molecule has 156 valence electrons. The lowest BCUT2D eigenvalue weighted by molar-refractivity contribution is -0.104. The Labute approximate surface area is 179 Å². The fourth-order valence-corrected chi connectivity index (χ4v) is 2.27. The first-order chi connectivity index (χ1) is 14.3. The van der Waals surface area contributed by atoms with Gasteiger partial charge in [-0.05, 0) is 51.0 Å². The minimum atomic E-state index is 0.0379. The number of aromatic hydroxyl groups is 2. The van der Waals surface area contributed by atoms with Gasteiger partial charge in [-0.25, -0.2) is 0 Å². The van der Waals surface area contributed by atoms with Crippen LogP contribution >= 0.6 is 0 Å². The van der Waals surface area contributed by atoms with Crippen LogP contribution in [-0.2, 0) is 4.79 Å². The van der Waals surface area contributed by atoms with Crippen molar-refractivity contribution < 1.29 is 15.0 Å². The predicted octanol–water partition coefficient (Wildman–Crippen LogP) is 6.76. The molecule has 3 nitrogen and oxygen atoms in total. The van der Waals surface area contributed by atoms with Gasteiger partial charge < -0.3 is 10.2 Å². The number of benzene rings is 1.